The highest BCUT2D eigenvalue weighted by molar-refractivity contribution is 6.03. The molecular weight excluding hydrogens is 371 g/mol. The highest BCUT2D eigenvalue weighted by atomic mass is 19.1. The van der Waals surface area contributed by atoms with Crippen LogP contribution in [0.1, 0.15) is 38.8 Å². The second-order valence-corrected chi connectivity index (χ2v) is 9.07. The van der Waals surface area contributed by atoms with Gasteiger partial charge in [-0.15, -0.1) is 0 Å². The largest absolute Gasteiger partial charge is 0.316 e. The third-order valence-corrected chi connectivity index (χ3v) is 6.59. The maximum atomic E-state index is 13.8. The average Bonchev–Trinajstić information content (AvgIpc) is 3.07. The lowest BCUT2D eigenvalue weighted by Crippen LogP contribution is -2.26. The Morgan fingerprint density at radius 1 is 0.867 bits per heavy atom. The molecule has 0 radical (unpaired) electrons. The van der Waals surface area contributed by atoms with Gasteiger partial charge in [-0.1, -0.05) is 68.5 Å². The van der Waals surface area contributed by atoms with Crippen molar-refractivity contribution in [3.8, 4) is 0 Å². The van der Waals surface area contributed by atoms with Gasteiger partial charge in [-0.2, -0.15) is 4.58 Å². The lowest BCUT2D eigenvalue weighted by atomic mass is 9.81. The minimum atomic E-state index is -0.523. The molecule has 3 heteroatoms. The van der Waals surface area contributed by atoms with Gasteiger partial charge in [0.05, 0.1) is 5.41 Å². The number of benzene rings is 2. The summed E-state index contributed by atoms with van der Waals surface area (Å²) in [5.74, 6) is 0. The molecule has 0 bridgehead atoms. The molecule has 2 aliphatic heterocycles. The van der Waals surface area contributed by atoms with Crippen molar-refractivity contribution in [3.05, 3.63) is 95.7 Å². The second-order valence-electron chi connectivity index (χ2n) is 9.07. The standard InChI is InChI=1S/C27H30FN2/c1-26(2)20-13-9-11-15-22(20)29(5)24(26)17-7-6-8-18-25-27(3,4)21-14-10-12-16-23(21)30(25)19-28/h6-18H,19H2,1-5H3/q+1. The van der Waals surface area contributed by atoms with Crippen LogP contribution < -0.4 is 4.90 Å². The fourth-order valence-electron chi connectivity index (χ4n) is 4.93. The summed E-state index contributed by atoms with van der Waals surface area (Å²) in [6.45, 7) is 8.31. The maximum Gasteiger partial charge on any atom is 0.209 e. The molecule has 0 unspecified atom stereocenters. The minimum Gasteiger partial charge on any atom is -0.316 e. The molecule has 0 aromatic heterocycles. The van der Waals surface area contributed by atoms with Crippen LogP contribution >= 0.6 is 0 Å². The molecule has 154 valence electrons. The predicted octanol–water partition coefficient (Wildman–Crippen LogP) is 6.41. The van der Waals surface area contributed by atoms with Crippen LogP contribution in [-0.2, 0) is 10.8 Å². The van der Waals surface area contributed by atoms with Gasteiger partial charge in [0.15, 0.2) is 12.5 Å². The van der Waals surface area contributed by atoms with Crippen molar-refractivity contribution < 1.29 is 8.97 Å². The first-order chi connectivity index (χ1) is 14.3. The molecule has 2 aromatic rings. The molecule has 2 aliphatic rings. The van der Waals surface area contributed by atoms with Gasteiger partial charge in [0, 0.05) is 34.5 Å². The SMILES string of the molecule is C[N+]1=C(/C=C/C=C/C=C2/N(CF)c3ccccc3C2(C)C)C(C)(C)c2ccccc21. The highest BCUT2D eigenvalue weighted by Gasteiger charge is 2.42. The van der Waals surface area contributed by atoms with E-state index >= 15 is 0 Å². The monoisotopic (exact) mass is 401 g/mol. The zero-order chi connectivity index (χ0) is 21.5. The molecule has 0 amide bonds. The van der Waals surface area contributed by atoms with Gasteiger partial charge in [-0.25, -0.2) is 4.39 Å². The number of fused-ring (bicyclic) bond motifs is 2. The number of halogens is 1. The summed E-state index contributed by atoms with van der Waals surface area (Å²) in [7, 11) is 2.12. The maximum absolute atomic E-state index is 13.8. The van der Waals surface area contributed by atoms with Crippen molar-refractivity contribution in [2.45, 2.75) is 38.5 Å². The fourth-order valence-corrected chi connectivity index (χ4v) is 4.93. The molecule has 4 rings (SSSR count). The molecule has 0 fully saturated rings. The van der Waals surface area contributed by atoms with Gasteiger partial charge >= 0.3 is 0 Å². The summed E-state index contributed by atoms with van der Waals surface area (Å²) in [5.41, 5.74) is 6.73. The zero-order valence-electron chi connectivity index (χ0n) is 18.5. The fraction of sp³-hybridized carbons (Fsp3) is 0.296. The van der Waals surface area contributed by atoms with E-state index in [2.05, 4.69) is 81.8 Å². The number of rotatable bonds is 4. The molecule has 0 spiro atoms. The van der Waals surface area contributed by atoms with Gasteiger partial charge in [0.2, 0.25) is 5.69 Å². The van der Waals surface area contributed by atoms with Gasteiger partial charge in [0.25, 0.3) is 0 Å². The summed E-state index contributed by atoms with van der Waals surface area (Å²) in [4.78, 5) is 1.77. The van der Waals surface area contributed by atoms with Crippen LogP contribution in [0.4, 0.5) is 15.8 Å². The molecule has 2 heterocycles. The number of para-hydroxylation sites is 2. The van der Waals surface area contributed by atoms with Gasteiger partial charge < -0.3 is 4.90 Å². The molecule has 0 atom stereocenters. The van der Waals surface area contributed by atoms with E-state index in [1.165, 1.54) is 22.5 Å². The Morgan fingerprint density at radius 3 is 2.23 bits per heavy atom. The van der Waals surface area contributed by atoms with E-state index in [9.17, 15) is 4.39 Å². The van der Waals surface area contributed by atoms with Crippen LogP contribution in [0.2, 0.25) is 0 Å². The first kappa shape index (κ1) is 20.3. The van der Waals surface area contributed by atoms with E-state index in [0.717, 1.165) is 11.4 Å². The highest BCUT2D eigenvalue weighted by Crippen LogP contribution is 2.47. The predicted molar refractivity (Wildman–Crippen MR) is 125 cm³/mol. The summed E-state index contributed by atoms with van der Waals surface area (Å²) in [6.07, 6.45) is 10.3. The Kier molecular flexibility index (Phi) is 5.01. The summed E-state index contributed by atoms with van der Waals surface area (Å²) in [5, 5.41) is 0. The number of anilines is 1. The number of hydrogen-bond donors (Lipinski definition) is 0. The van der Waals surface area contributed by atoms with Crippen molar-refractivity contribution in [2.24, 2.45) is 0 Å². The van der Waals surface area contributed by atoms with Gasteiger partial charge in [-0.05, 0) is 31.6 Å². The Bertz CT molecular complexity index is 1100. The summed E-state index contributed by atoms with van der Waals surface area (Å²) in [6, 6.07) is 16.6. The number of alkyl halides is 1. The zero-order valence-corrected chi connectivity index (χ0v) is 18.5. The Labute approximate surface area is 179 Å². The van der Waals surface area contributed by atoms with E-state index in [-0.39, 0.29) is 10.8 Å². The van der Waals surface area contributed by atoms with E-state index < -0.39 is 6.80 Å². The molecule has 0 saturated carbocycles. The van der Waals surface area contributed by atoms with Crippen molar-refractivity contribution in [1.29, 1.82) is 0 Å². The minimum absolute atomic E-state index is 0.0335. The lowest BCUT2D eigenvalue weighted by molar-refractivity contribution is -0.401. The molecule has 0 aliphatic carbocycles. The first-order valence-electron chi connectivity index (χ1n) is 10.5. The van der Waals surface area contributed by atoms with Crippen LogP contribution in [0.25, 0.3) is 0 Å². The van der Waals surface area contributed by atoms with Gasteiger partial charge in [-0.3, -0.25) is 0 Å². The quantitative estimate of drug-likeness (QED) is 0.326. The van der Waals surface area contributed by atoms with E-state index in [1.807, 2.05) is 36.4 Å². The Balaban J connectivity index is 1.58. The van der Waals surface area contributed by atoms with Crippen LogP contribution in [0.15, 0.2) is 84.6 Å². The third-order valence-electron chi connectivity index (χ3n) is 6.59. The second kappa shape index (κ2) is 7.39. The molecule has 0 N–H and O–H groups in total. The topological polar surface area (TPSA) is 6.25 Å². The molecular formula is C27H30FN2+. The van der Waals surface area contributed by atoms with Crippen molar-refractivity contribution in [2.75, 3.05) is 18.7 Å². The normalized spacial score (nSPS) is 20.6. The number of hydrogen-bond acceptors (Lipinski definition) is 1. The van der Waals surface area contributed by atoms with Crippen molar-refractivity contribution in [3.63, 3.8) is 0 Å². The van der Waals surface area contributed by atoms with Gasteiger partial charge in [0.1, 0.15) is 7.05 Å². The average molecular weight is 402 g/mol. The van der Waals surface area contributed by atoms with Crippen LogP contribution in [0.5, 0.6) is 0 Å². The number of nitrogens with zero attached hydrogens (tertiary/aromatic N) is 2. The van der Waals surface area contributed by atoms with Crippen LogP contribution in [0, 0.1) is 0 Å². The summed E-state index contributed by atoms with van der Waals surface area (Å²) < 4.78 is 16.1. The first-order valence-corrected chi connectivity index (χ1v) is 10.5. The smallest absolute Gasteiger partial charge is 0.209 e. The van der Waals surface area contributed by atoms with Crippen molar-refractivity contribution in [1.82, 2.24) is 0 Å². The van der Waals surface area contributed by atoms with E-state index in [1.54, 1.807) is 4.90 Å². The Hall–Kier alpha value is -2.94. The molecule has 30 heavy (non-hydrogen) atoms. The van der Waals surface area contributed by atoms with E-state index in [0.29, 0.717) is 0 Å². The molecule has 2 aromatic carbocycles. The Morgan fingerprint density at radius 2 is 1.53 bits per heavy atom. The summed E-state index contributed by atoms with van der Waals surface area (Å²) >= 11 is 0. The molecule has 0 saturated heterocycles. The molecule has 2 nitrogen and oxygen atoms in total. The van der Waals surface area contributed by atoms with Crippen LogP contribution in [0.3, 0.4) is 0 Å². The van der Waals surface area contributed by atoms with E-state index in [4.69, 9.17) is 0 Å². The van der Waals surface area contributed by atoms with Crippen molar-refractivity contribution >= 4 is 17.1 Å². The number of allylic oxidation sites excluding steroid dienone is 6. The lowest BCUT2D eigenvalue weighted by Gasteiger charge is -2.24. The van der Waals surface area contributed by atoms with Crippen LogP contribution in [-0.4, -0.2) is 24.1 Å². The third kappa shape index (κ3) is 3.04.